The molecule has 0 radical (unpaired) electrons. The van der Waals surface area contributed by atoms with Gasteiger partial charge in [-0.2, -0.15) is 0 Å². The van der Waals surface area contributed by atoms with Crippen molar-refractivity contribution < 1.29 is 0 Å². The van der Waals surface area contributed by atoms with Gasteiger partial charge in [-0.3, -0.25) is 0 Å². The number of anilines is 2. The second-order valence-electron chi connectivity index (χ2n) is 4.10. The second kappa shape index (κ2) is 4.35. The third kappa shape index (κ3) is 2.07. The molecule has 1 aromatic carbocycles. The van der Waals surface area contributed by atoms with Gasteiger partial charge in [-0.15, -0.1) is 11.8 Å². The SMILES string of the molecule is CSc1ccc2c(c1)N(C(C)C)CCN2. The average Bonchev–Trinajstić information content (AvgIpc) is 2.27. The summed E-state index contributed by atoms with van der Waals surface area (Å²) in [6.45, 7) is 6.65. The number of nitrogens with one attached hydrogen (secondary N) is 1. The lowest BCUT2D eigenvalue weighted by Gasteiger charge is -2.35. The third-order valence-corrected chi connectivity index (χ3v) is 3.53. The van der Waals surface area contributed by atoms with Crippen molar-refractivity contribution in [1.29, 1.82) is 0 Å². The van der Waals surface area contributed by atoms with Crippen LogP contribution in [0.25, 0.3) is 0 Å². The lowest BCUT2D eigenvalue weighted by molar-refractivity contribution is 0.680. The molecular weight excluding hydrogens is 204 g/mol. The summed E-state index contributed by atoms with van der Waals surface area (Å²) in [5.74, 6) is 0. The molecule has 0 saturated carbocycles. The molecule has 0 saturated heterocycles. The first kappa shape index (κ1) is 10.7. The Morgan fingerprint density at radius 2 is 2.20 bits per heavy atom. The molecule has 0 fully saturated rings. The van der Waals surface area contributed by atoms with Gasteiger partial charge in [-0.1, -0.05) is 0 Å². The van der Waals surface area contributed by atoms with E-state index in [1.165, 1.54) is 16.3 Å². The first-order valence-corrected chi connectivity index (χ1v) is 6.63. The summed E-state index contributed by atoms with van der Waals surface area (Å²) in [7, 11) is 0. The molecule has 82 valence electrons. The molecule has 1 aliphatic rings. The maximum Gasteiger partial charge on any atom is 0.0616 e. The Morgan fingerprint density at radius 3 is 2.87 bits per heavy atom. The minimum Gasteiger partial charge on any atom is -0.382 e. The summed E-state index contributed by atoms with van der Waals surface area (Å²) in [4.78, 5) is 3.80. The number of benzene rings is 1. The van der Waals surface area contributed by atoms with Crippen LogP contribution in [0.5, 0.6) is 0 Å². The zero-order chi connectivity index (χ0) is 10.8. The molecule has 1 N–H and O–H groups in total. The van der Waals surface area contributed by atoms with E-state index in [4.69, 9.17) is 0 Å². The van der Waals surface area contributed by atoms with Crippen molar-refractivity contribution in [3.05, 3.63) is 18.2 Å². The van der Waals surface area contributed by atoms with E-state index >= 15 is 0 Å². The summed E-state index contributed by atoms with van der Waals surface area (Å²) in [6, 6.07) is 7.23. The summed E-state index contributed by atoms with van der Waals surface area (Å²) < 4.78 is 0. The van der Waals surface area contributed by atoms with Crippen LogP contribution in [0.3, 0.4) is 0 Å². The topological polar surface area (TPSA) is 15.3 Å². The van der Waals surface area contributed by atoms with Crippen molar-refractivity contribution in [1.82, 2.24) is 0 Å². The van der Waals surface area contributed by atoms with Crippen LogP contribution < -0.4 is 10.2 Å². The minimum atomic E-state index is 0.572. The van der Waals surface area contributed by atoms with Gasteiger partial charge >= 0.3 is 0 Å². The molecule has 2 nitrogen and oxygen atoms in total. The number of hydrogen-bond acceptors (Lipinski definition) is 3. The summed E-state index contributed by atoms with van der Waals surface area (Å²) in [6.07, 6.45) is 2.12. The van der Waals surface area contributed by atoms with Crippen LogP contribution in [0.1, 0.15) is 13.8 Å². The van der Waals surface area contributed by atoms with E-state index in [1.807, 2.05) is 0 Å². The van der Waals surface area contributed by atoms with Crippen LogP contribution in [0.2, 0.25) is 0 Å². The lowest BCUT2D eigenvalue weighted by atomic mass is 10.1. The van der Waals surface area contributed by atoms with Crippen molar-refractivity contribution in [2.24, 2.45) is 0 Å². The molecule has 1 aliphatic heterocycles. The Bertz CT molecular complexity index is 349. The maximum absolute atomic E-state index is 3.45. The Labute approximate surface area is 96.0 Å². The van der Waals surface area contributed by atoms with Crippen molar-refractivity contribution in [3.8, 4) is 0 Å². The molecule has 0 unspecified atom stereocenters. The zero-order valence-corrected chi connectivity index (χ0v) is 10.4. The fourth-order valence-electron chi connectivity index (χ4n) is 1.99. The van der Waals surface area contributed by atoms with Crippen LogP contribution in [-0.4, -0.2) is 25.4 Å². The summed E-state index contributed by atoms with van der Waals surface area (Å²) in [5.41, 5.74) is 2.62. The van der Waals surface area contributed by atoms with E-state index < -0.39 is 0 Å². The number of fused-ring (bicyclic) bond motifs is 1. The standard InChI is InChI=1S/C12H18N2S/c1-9(2)14-7-6-13-11-5-4-10(15-3)8-12(11)14/h4-5,8-9,13H,6-7H2,1-3H3. The Kier molecular flexibility index (Phi) is 3.10. The van der Waals surface area contributed by atoms with Gasteiger partial charge in [0.2, 0.25) is 0 Å². The maximum atomic E-state index is 3.45. The number of hydrogen-bond donors (Lipinski definition) is 1. The molecular formula is C12H18N2S. The summed E-state index contributed by atoms with van der Waals surface area (Å²) in [5, 5.41) is 3.45. The van der Waals surface area contributed by atoms with E-state index in [2.05, 4.69) is 48.5 Å². The monoisotopic (exact) mass is 222 g/mol. The molecule has 15 heavy (non-hydrogen) atoms. The third-order valence-electron chi connectivity index (χ3n) is 2.81. The predicted molar refractivity (Wildman–Crippen MR) is 69.2 cm³/mol. The first-order valence-electron chi connectivity index (χ1n) is 5.41. The Morgan fingerprint density at radius 1 is 1.40 bits per heavy atom. The van der Waals surface area contributed by atoms with Gasteiger partial charge in [0.15, 0.2) is 0 Å². The summed E-state index contributed by atoms with van der Waals surface area (Å²) >= 11 is 1.80. The normalized spacial score (nSPS) is 15.1. The number of thioether (sulfide) groups is 1. The van der Waals surface area contributed by atoms with Crippen LogP contribution in [0.15, 0.2) is 23.1 Å². The average molecular weight is 222 g/mol. The van der Waals surface area contributed by atoms with Gasteiger partial charge in [0.1, 0.15) is 0 Å². The first-order chi connectivity index (χ1) is 7.22. The van der Waals surface area contributed by atoms with E-state index in [9.17, 15) is 0 Å². The highest BCUT2D eigenvalue weighted by Crippen LogP contribution is 2.33. The minimum absolute atomic E-state index is 0.572. The highest BCUT2D eigenvalue weighted by Gasteiger charge is 2.18. The zero-order valence-electron chi connectivity index (χ0n) is 9.58. The van der Waals surface area contributed by atoms with Gasteiger partial charge in [-0.05, 0) is 38.3 Å². The Balaban J connectivity index is 2.39. The lowest BCUT2D eigenvalue weighted by Crippen LogP contribution is -2.38. The molecule has 0 aromatic heterocycles. The van der Waals surface area contributed by atoms with E-state index in [-0.39, 0.29) is 0 Å². The molecule has 0 aliphatic carbocycles. The van der Waals surface area contributed by atoms with Crippen LogP contribution in [0.4, 0.5) is 11.4 Å². The molecule has 2 rings (SSSR count). The van der Waals surface area contributed by atoms with Crippen LogP contribution in [-0.2, 0) is 0 Å². The molecule has 3 heteroatoms. The van der Waals surface area contributed by atoms with E-state index in [0.717, 1.165) is 13.1 Å². The van der Waals surface area contributed by atoms with Crippen molar-refractivity contribution in [2.75, 3.05) is 29.6 Å². The van der Waals surface area contributed by atoms with E-state index in [0.29, 0.717) is 6.04 Å². The molecule has 0 bridgehead atoms. The molecule has 0 atom stereocenters. The molecule has 0 amide bonds. The van der Waals surface area contributed by atoms with Crippen molar-refractivity contribution in [2.45, 2.75) is 24.8 Å². The van der Waals surface area contributed by atoms with Gasteiger partial charge in [-0.25, -0.2) is 0 Å². The molecule has 0 spiro atoms. The van der Waals surface area contributed by atoms with Crippen molar-refractivity contribution in [3.63, 3.8) is 0 Å². The van der Waals surface area contributed by atoms with Gasteiger partial charge in [0, 0.05) is 24.0 Å². The quantitative estimate of drug-likeness (QED) is 0.774. The smallest absolute Gasteiger partial charge is 0.0616 e. The Hall–Kier alpha value is -0.830. The van der Waals surface area contributed by atoms with Gasteiger partial charge in [0.05, 0.1) is 11.4 Å². The van der Waals surface area contributed by atoms with Gasteiger partial charge in [0.25, 0.3) is 0 Å². The van der Waals surface area contributed by atoms with Gasteiger partial charge < -0.3 is 10.2 Å². The largest absolute Gasteiger partial charge is 0.382 e. The fraction of sp³-hybridized carbons (Fsp3) is 0.500. The number of rotatable bonds is 2. The van der Waals surface area contributed by atoms with E-state index in [1.54, 1.807) is 11.8 Å². The number of nitrogens with zero attached hydrogens (tertiary/aromatic N) is 1. The van der Waals surface area contributed by atoms with Crippen LogP contribution in [0, 0.1) is 0 Å². The molecule has 1 heterocycles. The fourth-order valence-corrected chi connectivity index (χ4v) is 2.43. The predicted octanol–water partition coefficient (Wildman–Crippen LogP) is 3.05. The van der Waals surface area contributed by atoms with Crippen molar-refractivity contribution >= 4 is 23.1 Å². The second-order valence-corrected chi connectivity index (χ2v) is 4.98. The molecule has 1 aromatic rings. The van der Waals surface area contributed by atoms with Crippen LogP contribution >= 0.6 is 11.8 Å². The highest BCUT2D eigenvalue weighted by atomic mass is 32.2. The highest BCUT2D eigenvalue weighted by molar-refractivity contribution is 7.98.